The first-order valence-electron chi connectivity index (χ1n) is 5.18. The Morgan fingerprint density at radius 1 is 1.60 bits per heavy atom. The molecule has 1 aliphatic heterocycles. The maximum Gasteiger partial charge on any atom is 0.322 e. The molecular weight excluding hydrogens is 194 g/mol. The molecule has 0 saturated carbocycles. The molecular formula is C11H15NO3. The molecule has 0 amide bonds. The van der Waals surface area contributed by atoms with Crippen LogP contribution in [0.3, 0.4) is 0 Å². The van der Waals surface area contributed by atoms with E-state index in [0.717, 1.165) is 25.0 Å². The molecule has 4 nitrogen and oxygen atoms in total. The Labute approximate surface area is 88.6 Å². The molecule has 1 aromatic rings. The van der Waals surface area contributed by atoms with Crippen LogP contribution < -0.4 is 5.32 Å². The lowest BCUT2D eigenvalue weighted by Gasteiger charge is -2.27. The quantitative estimate of drug-likeness (QED) is 0.752. The second-order valence-electron chi connectivity index (χ2n) is 3.74. The summed E-state index contributed by atoms with van der Waals surface area (Å²) in [6.45, 7) is 0. The summed E-state index contributed by atoms with van der Waals surface area (Å²) in [7, 11) is 1.42. The normalized spacial score (nSPS) is 26.2. The van der Waals surface area contributed by atoms with Gasteiger partial charge in [-0.15, -0.1) is 0 Å². The van der Waals surface area contributed by atoms with E-state index in [1.807, 2.05) is 12.1 Å². The molecule has 2 atom stereocenters. The Balaban J connectivity index is 2.01. The third-order valence-electron chi connectivity index (χ3n) is 2.76. The van der Waals surface area contributed by atoms with Crippen LogP contribution in [-0.4, -0.2) is 19.1 Å². The first kappa shape index (κ1) is 10.2. The van der Waals surface area contributed by atoms with Gasteiger partial charge in [0.05, 0.1) is 19.4 Å². The van der Waals surface area contributed by atoms with Crippen molar-refractivity contribution in [2.75, 3.05) is 7.11 Å². The Morgan fingerprint density at radius 3 is 3.13 bits per heavy atom. The lowest BCUT2D eigenvalue weighted by atomic mass is 9.97. The number of carbonyl (C=O) groups is 1. The summed E-state index contributed by atoms with van der Waals surface area (Å²) in [6.07, 6.45) is 4.50. The van der Waals surface area contributed by atoms with E-state index in [0.29, 0.717) is 0 Å². The van der Waals surface area contributed by atoms with Gasteiger partial charge in [0.25, 0.3) is 0 Å². The van der Waals surface area contributed by atoms with E-state index >= 15 is 0 Å². The lowest BCUT2D eigenvalue weighted by Crippen LogP contribution is -2.42. The minimum Gasteiger partial charge on any atom is -0.468 e. The predicted octanol–water partition coefficient (Wildman–Crippen LogP) is 1.64. The van der Waals surface area contributed by atoms with Crippen molar-refractivity contribution in [3.63, 3.8) is 0 Å². The average Bonchev–Trinajstić information content (AvgIpc) is 2.82. The first-order chi connectivity index (χ1) is 7.31. The van der Waals surface area contributed by atoms with Crippen LogP contribution in [0.5, 0.6) is 0 Å². The highest BCUT2D eigenvalue weighted by Gasteiger charge is 2.28. The minimum atomic E-state index is -0.196. The second kappa shape index (κ2) is 4.49. The molecule has 0 spiro atoms. The molecule has 1 N–H and O–H groups in total. The van der Waals surface area contributed by atoms with Gasteiger partial charge in [-0.3, -0.25) is 10.1 Å². The summed E-state index contributed by atoms with van der Waals surface area (Å²) in [5.74, 6) is 0.704. The molecule has 82 valence electrons. The van der Waals surface area contributed by atoms with Gasteiger partial charge in [-0.2, -0.15) is 0 Å². The highest BCUT2D eigenvalue weighted by Crippen LogP contribution is 2.25. The zero-order valence-corrected chi connectivity index (χ0v) is 8.73. The number of furan rings is 1. The third-order valence-corrected chi connectivity index (χ3v) is 2.76. The van der Waals surface area contributed by atoms with Gasteiger partial charge in [-0.1, -0.05) is 0 Å². The molecule has 0 aliphatic carbocycles. The van der Waals surface area contributed by atoms with Gasteiger partial charge in [-0.05, 0) is 31.4 Å². The van der Waals surface area contributed by atoms with Crippen molar-refractivity contribution in [2.24, 2.45) is 0 Å². The van der Waals surface area contributed by atoms with Gasteiger partial charge in [0.2, 0.25) is 0 Å². The van der Waals surface area contributed by atoms with E-state index in [-0.39, 0.29) is 18.1 Å². The predicted molar refractivity (Wildman–Crippen MR) is 54.2 cm³/mol. The fourth-order valence-electron chi connectivity index (χ4n) is 1.98. The maximum atomic E-state index is 11.4. The van der Waals surface area contributed by atoms with Crippen LogP contribution in [0, 0.1) is 0 Å². The number of hydrogen-bond donors (Lipinski definition) is 1. The molecule has 15 heavy (non-hydrogen) atoms. The number of hydrogen-bond acceptors (Lipinski definition) is 4. The molecule has 0 radical (unpaired) electrons. The smallest absolute Gasteiger partial charge is 0.322 e. The molecule has 2 heterocycles. The number of rotatable bonds is 2. The summed E-state index contributed by atoms with van der Waals surface area (Å²) in [5, 5.41) is 3.24. The number of piperidine rings is 1. The standard InChI is InChI=1S/C11H15NO3/c1-14-11(13)9-5-2-4-8(12-9)10-6-3-7-15-10/h3,6-9,12H,2,4-5H2,1H3/t8-,9+/m0/s1. The molecule has 1 saturated heterocycles. The van der Waals surface area contributed by atoms with Gasteiger partial charge in [0.15, 0.2) is 0 Å². The summed E-state index contributed by atoms with van der Waals surface area (Å²) >= 11 is 0. The molecule has 4 heteroatoms. The van der Waals surface area contributed by atoms with Gasteiger partial charge >= 0.3 is 5.97 Å². The first-order valence-corrected chi connectivity index (χ1v) is 5.18. The Morgan fingerprint density at radius 2 is 2.47 bits per heavy atom. The van der Waals surface area contributed by atoms with Crippen LogP contribution in [0.15, 0.2) is 22.8 Å². The van der Waals surface area contributed by atoms with E-state index in [1.54, 1.807) is 6.26 Å². The Kier molecular flexibility index (Phi) is 3.06. The number of methoxy groups -OCH3 is 1. The Hall–Kier alpha value is -1.29. The topological polar surface area (TPSA) is 51.5 Å². The van der Waals surface area contributed by atoms with Gasteiger partial charge in [-0.25, -0.2) is 0 Å². The largest absolute Gasteiger partial charge is 0.468 e. The monoisotopic (exact) mass is 209 g/mol. The fourth-order valence-corrected chi connectivity index (χ4v) is 1.98. The SMILES string of the molecule is COC(=O)[C@H]1CCC[C@@H](c2ccco2)N1. The van der Waals surface area contributed by atoms with E-state index < -0.39 is 0 Å². The molecule has 0 aromatic carbocycles. The summed E-state index contributed by atoms with van der Waals surface area (Å²) in [5.41, 5.74) is 0. The number of esters is 1. The number of nitrogens with one attached hydrogen (secondary N) is 1. The number of carbonyl (C=O) groups excluding carboxylic acids is 1. The zero-order valence-electron chi connectivity index (χ0n) is 8.73. The van der Waals surface area contributed by atoms with Crippen molar-refractivity contribution in [1.82, 2.24) is 5.32 Å². The molecule has 1 aliphatic rings. The molecule has 1 fully saturated rings. The highest BCUT2D eigenvalue weighted by molar-refractivity contribution is 5.75. The molecule has 1 aromatic heterocycles. The van der Waals surface area contributed by atoms with Crippen LogP contribution in [0.25, 0.3) is 0 Å². The van der Waals surface area contributed by atoms with Crippen LogP contribution >= 0.6 is 0 Å². The lowest BCUT2D eigenvalue weighted by molar-refractivity contribution is -0.144. The van der Waals surface area contributed by atoms with Crippen molar-refractivity contribution >= 4 is 5.97 Å². The van der Waals surface area contributed by atoms with E-state index in [2.05, 4.69) is 5.32 Å². The van der Waals surface area contributed by atoms with E-state index in [1.165, 1.54) is 7.11 Å². The summed E-state index contributed by atoms with van der Waals surface area (Å²) in [4.78, 5) is 11.4. The molecule has 2 rings (SSSR count). The zero-order chi connectivity index (χ0) is 10.7. The van der Waals surface area contributed by atoms with Crippen molar-refractivity contribution in [3.05, 3.63) is 24.2 Å². The van der Waals surface area contributed by atoms with E-state index in [9.17, 15) is 4.79 Å². The molecule has 0 unspecified atom stereocenters. The Bertz CT molecular complexity index is 321. The fraction of sp³-hybridized carbons (Fsp3) is 0.545. The summed E-state index contributed by atoms with van der Waals surface area (Å²) < 4.78 is 10.0. The molecule has 0 bridgehead atoms. The third kappa shape index (κ3) is 2.21. The van der Waals surface area contributed by atoms with Crippen LogP contribution in [0.1, 0.15) is 31.1 Å². The van der Waals surface area contributed by atoms with Crippen molar-refractivity contribution in [2.45, 2.75) is 31.3 Å². The van der Waals surface area contributed by atoms with Crippen molar-refractivity contribution < 1.29 is 13.9 Å². The van der Waals surface area contributed by atoms with Crippen molar-refractivity contribution in [1.29, 1.82) is 0 Å². The average molecular weight is 209 g/mol. The van der Waals surface area contributed by atoms with Gasteiger partial charge < -0.3 is 9.15 Å². The minimum absolute atomic E-state index is 0.137. The summed E-state index contributed by atoms with van der Waals surface area (Å²) in [6, 6.07) is 3.73. The van der Waals surface area contributed by atoms with E-state index in [4.69, 9.17) is 9.15 Å². The van der Waals surface area contributed by atoms with Crippen LogP contribution in [-0.2, 0) is 9.53 Å². The maximum absolute atomic E-state index is 11.4. The van der Waals surface area contributed by atoms with Gasteiger partial charge in [0.1, 0.15) is 11.8 Å². The number of ether oxygens (including phenoxy) is 1. The second-order valence-corrected chi connectivity index (χ2v) is 3.74. The highest BCUT2D eigenvalue weighted by atomic mass is 16.5. The van der Waals surface area contributed by atoms with Gasteiger partial charge in [0, 0.05) is 0 Å². The van der Waals surface area contributed by atoms with Crippen LogP contribution in [0.4, 0.5) is 0 Å². The van der Waals surface area contributed by atoms with Crippen molar-refractivity contribution in [3.8, 4) is 0 Å². The van der Waals surface area contributed by atoms with Crippen LogP contribution in [0.2, 0.25) is 0 Å².